The molecule has 0 radical (unpaired) electrons. The summed E-state index contributed by atoms with van der Waals surface area (Å²) in [6.45, 7) is 9.16. The number of para-hydroxylation sites is 2. The van der Waals surface area contributed by atoms with Gasteiger partial charge in [-0.05, 0) is 64.4 Å². The predicted octanol–water partition coefficient (Wildman–Crippen LogP) is 15.1. The minimum Gasteiger partial charge on any atom is -0.355 e. The van der Waals surface area contributed by atoms with E-state index < -0.39 is 0 Å². The number of benzene rings is 6. The molecular formula is C53H64Br2N4O3. The van der Waals surface area contributed by atoms with Gasteiger partial charge in [-0.15, -0.1) is 0 Å². The molecule has 9 heteroatoms. The zero-order valence-corrected chi connectivity index (χ0v) is 37.6. The van der Waals surface area contributed by atoms with Gasteiger partial charge in [-0.3, -0.25) is 9.36 Å². The lowest BCUT2D eigenvalue weighted by molar-refractivity contribution is -0.0940. The molecule has 0 bridgehead atoms. The second kappa shape index (κ2) is 26.3. The second-order valence-corrected chi connectivity index (χ2v) is 16.1. The van der Waals surface area contributed by atoms with Crippen LogP contribution in [0.2, 0.25) is 0 Å². The zero-order chi connectivity index (χ0) is 42.3. The Hall–Kier alpha value is -5.16. The van der Waals surface area contributed by atoms with Crippen LogP contribution >= 0.6 is 31.9 Å². The maximum absolute atomic E-state index is 12.8. The number of hydrogen-bond donors (Lipinski definition) is 2. The molecule has 0 fully saturated rings. The Balaban J connectivity index is 0.000000356. The fourth-order valence-electron chi connectivity index (χ4n) is 6.62. The summed E-state index contributed by atoms with van der Waals surface area (Å²) in [6, 6.07) is 49.2. The van der Waals surface area contributed by atoms with Gasteiger partial charge in [0.2, 0.25) is 0 Å². The van der Waals surface area contributed by atoms with E-state index in [2.05, 4.69) is 166 Å². The molecule has 1 amide bonds. The van der Waals surface area contributed by atoms with Gasteiger partial charge in [0, 0.05) is 64.4 Å². The number of carbonyl (C=O) groups is 1. The summed E-state index contributed by atoms with van der Waals surface area (Å²) in [4.78, 5) is 17.5. The lowest BCUT2D eigenvalue weighted by atomic mass is 9.94. The van der Waals surface area contributed by atoms with Gasteiger partial charge in [0.1, 0.15) is 5.82 Å². The van der Waals surface area contributed by atoms with Crippen molar-refractivity contribution in [3.8, 4) is 39.3 Å². The molecule has 0 aliphatic carbocycles. The van der Waals surface area contributed by atoms with Gasteiger partial charge >= 0.3 is 0 Å². The molecule has 1 aromatic heterocycles. The topological polar surface area (TPSA) is 91.4 Å². The van der Waals surface area contributed by atoms with Crippen molar-refractivity contribution < 1.29 is 14.3 Å². The molecule has 328 valence electrons. The molecule has 6 aromatic carbocycles. The van der Waals surface area contributed by atoms with Gasteiger partial charge in [-0.2, -0.15) is 0 Å². The fourth-order valence-corrected chi connectivity index (χ4v) is 7.42. The average Bonchev–Trinajstić information content (AvgIpc) is 3.75. The molecule has 0 saturated carbocycles. The molecule has 1 heterocycles. The molecule has 7 nitrogen and oxygen atoms in total. The third-order valence-corrected chi connectivity index (χ3v) is 10.6. The minimum atomic E-state index is -0.236. The predicted molar refractivity (Wildman–Crippen MR) is 271 cm³/mol. The Morgan fingerprint density at radius 1 is 0.645 bits per heavy atom. The van der Waals surface area contributed by atoms with Crippen LogP contribution in [0, 0.1) is 0 Å². The van der Waals surface area contributed by atoms with Gasteiger partial charge < -0.3 is 20.5 Å². The summed E-state index contributed by atoms with van der Waals surface area (Å²) >= 11 is 7.01. The van der Waals surface area contributed by atoms with Crippen LogP contribution in [0.3, 0.4) is 0 Å². The van der Waals surface area contributed by atoms with Crippen molar-refractivity contribution in [2.45, 2.75) is 68.1 Å². The maximum atomic E-state index is 12.8. The van der Waals surface area contributed by atoms with Crippen LogP contribution in [0.1, 0.15) is 83.3 Å². The Bertz CT molecular complexity index is 2390. The molecule has 0 spiro atoms. The number of rotatable bonds is 11. The van der Waals surface area contributed by atoms with Gasteiger partial charge in [0.25, 0.3) is 5.91 Å². The number of aromatic nitrogens is 2. The van der Waals surface area contributed by atoms with E-state index in [1.807, 2.05) is 66.9 Å². The number of methoxy groups -OCH3 is 2. The van der Waals surface area contributed by atoms with Crippen molar-refractivity contribution in [3.05, 3.63) is 184 Å². The average molecular weight is 965 g/mol. The van der Waals surface area contributed by atoms with Gasteiger partial charge in [-0.1, -0.05) is 197 Å². The second-order valence-electron chi connectivity index (χ2n) is 14.3. The Labute approximate surface area is 388 Å². The molecule has 62 heavy (non-hydrogen) atoms. The van der Waals surface area contributed by atoms with Crippen molar-refractivity contribution in [1.29, 1.82) is 0 Å². The van der Waals surface area contributed by atoms with Crippen LogP contribution in [-0.4, -0.2) is 42.5 Å². The number of hydrogen-bond acceptors (Lipinski definition) is 5. The van der Waals surface area contributed by atoms with Gasteiger partial charge in [0.15, 0.2) is 6.29 Å². The maximum Gasteiger partial charge on any atom is 0.255 e. The number of nitrogens with two attached hydrogens (primary N) is 1. The molecule has 7 rings (SSSR count). The van der Waals surface area contributed by atoms with E-state index >= 15 is 0 Å². The van der Waals surface area contributed by atoms with Crippen molar-refractivity contribution in [3.63, 3.8) is 0 Å². The third kappa shape index (κ3) is 13.9. The van der Waals surface area contributed by atoms with Crippen LogP contribution in [0.4, 0.5) is 5.69 Å². The van der Waals surface area contributed by atoms with E-state index in [9.17, 15) is 4.79 Å². The molecule has 0 aliphatic rings. The summed E-state index contributed by atoms with van der Waals surface area (Å²) < 4.78 is 13.6. The number of anilines is 1. The van der Waals surface area contributed by atoms with Crippen LogP contribution in [0.25, 0.3) is 39.3 Å². The summed E-state index contributed by atoms with van der Waals surface area (Å²) in [5, 5.41) is 3.14. The Morgan fingerprint density at radius 2 is 1.15 bits per heavy atom. The first-order chi connectivity index (χ1) is 28.6. The molecule has 3 N–H and O–H groups in total. The monoisotopic (exact) mass is 962 g/mol. The molecule has 0 saturated heterocycles. The van der Waals surface area contributed by atoms with E-state index in [0.29, 0.717) is 23.9 Å². The molecular weight excluding hydrogens is 900 g/mol. The smallest absolute Gasteiger partial charge is 0.255 e. The Morgan fingerprint density at radius 3 is 1.66 bits per heavy atom. The van der Waals surface area contributed by atoms with E-state index in [1.54, 1.807) is 14.2 Å². The summed E-state index contributed by atoms with van der Waals surface area (Å²) in [7, 11) is 3.11. The molecule has 7 aromatic rings. The highest BCUT2D eigenvalue weighted by atomic mass is 79.9. The number of carbonyl (C=O) groups excluding carboxylic acids is 1. The van der Waals surface area contributed by atoms with Crippen molar-refractivity contribution in [1.82, 2.24) is 9.55 Å². The standard InChI is InChI=1S/C24H21BrN2.C22H20BrNO.C4H11NO2.3CH4/c1-17(2)21-12-7-13-22(18-8-4-3-5-9-18)23(21)27-15-14-26-24(27)19-10-6-11-20(25)16-19;1-15(2)19-12-7-13-20(16-8-4-3-5-9-16)21(19)24-22(25)17-10-6-11-18(23)14-17;1-6-4(3-5)7-2;;;/h3-17H,1-2H3;3-15H,1-2H3,(H,24,25);4H,3,5H2,1-2H3;3*1H4. The molecule has 0 aliphatic heterocycles. The van der Waals surface area contributed by atoms with Crippen molar-refractivity contribution in [2.24, 2.45) is 5.73 Å². The lowest BCUT2D eigenvalue weighted by Crippen LogP contribution is -2.23. The largest absolute Gasteiger partial charge is 0.355 e. The highest BCUT2D eigenvalue weighted by molar-refractivity contribution is 9.10. The van der Waals surface area contributed by atoms with Crippen molar-refractivity contribution in [2.75, 3.05) is 26.1 Å². The van der Waals surface area contributed by atoms with E-state index in [0.717, 1.165) is 42.7 Å². The number of amides is 1. The van der Waals surface area contributed by atoms with Gasteiger partial charge in [0.05, 0.1) is 11.4 Å². The van der Waals surface area contributed by atoms with Crippen LogP contribution in [-0.2, 0) is 9.47 Å². The molecule has 0 unspecified atom stereocenters. The number of nitrogens with one attached hydrogen (secondary N) is 1. The first kappa shape index (κ1) is 53.0. The Kier molecular flexibility index (Phi) is 22.5. The fraction of sp³-hybridized carbons (Fsp3) is 0.245. The summed E-state index contributed by atoms with van der Waals surface area (Å²) in [5.41, 5.74) is 15.9. The zero-order valence-electron chi connectivity index (χ0n) is 34.4. The van der Waals surface area contributed by atoms with Crippen LogP contribution < -0.4 is 11.1 Å². The summed E-state index contributed by atoms with van der Waals surface area (Å²) in [6.07, 6.45) is 3.70. The van der Waals surface area contributed by atoms with Crippen LogP contribution in [0.5, 0.6) is 0 Å². The van der Waals surface area contributed by atoms with Gasteiger partial charge in [-0.25, -0.2) is 4.98 Å². The minimum absolute atomic E-state index is 0. The normalized spacial score (nSPS) is 10.3. The molecule has 0 atom stereocenters. The number of imidazole rings is 1. The number of nitrogens with zero attached hydrogens (tertiary/aromatic N) is 2. The summed E-state index contributed by atoms with van der Waals surface area (Å²) in [5.74, 6) is 1.55. The SMILES string of the molecule is C.C.C.CC(C)c1cccc(-c2ccccc2)c1-n1ccnc1-c1cccc(Br)c1.CC(C)c1cccc(-c2ccccc2)c1NC(=O)c1cccc(Br)c1.COC(CN)OC. The quantitative estimate of drug-likeness (QED) is 0.126. The number of ether oxygens (including phenoxy) is 2. The number of halogens is 2. The highest BCUT2D eigenvalue weighted by Crippen LogP contribution is 2.37. The van der Waals surface area contributed by atoms with E-state index in [1.165, 1.54) is 22.4 Å². The first-order valence-electron chi connectivity index (χ1n) is 19.5. The third-order valence-electron chi connectivity index (χ3n) is 9.59. The highest BCUT2D eigenvalue weighted by Gasteiger charge is 2.19. The van der Waals surface area contributed by atoms with E-state index in [4.69, 9.17) is 15.2 Å². The first-order valence-corrected chi connectivity index (χ1v) is 21.1. The van der Waals surface area contributed by atoms with Crippen LogP contribution in [0.15, 0.2) is 167 Å². The lowest BCUT2D eigenvalue weighted by Gasteiger charge is -2.20. The van der Waals surface area contributed by atoms with E-state index in [-0.39, 0.29) is 34.5 Å². The van der Waals surface area contributed by atoms with Crippen molar-refractivity contribution >= 4 is 43.5 Å².